The van der Waals surface area contributed by atoms with Crippen LogP contribution in [0.4, 0.5) is 0 Å². The van der Waals surface area contributed by atoms with Crippen molar-refractivity contribution in [2.24, 2.45) is 13.0 Å². The zero-order valence-electron chi connectivity index (χ0n) is 29.9. The van der Waals surface area contributed by atoms with Gasteiger partial charge in [0.05, 0.1) is 39.7 Å². The number of benzene rings is 4. The molecule has 1 aliphatic carbocycles. The Morgan fingerprint density at radius 2 is 1.67 bits per heavy atom. The fraction of sp³-hybridized carbons (Fsp3) is 0.333. The molecule has 1 aliphatic rings. The largest absolute Gasteiger partial charge is 0.425 e. The van der Waals surface area contributed by atoms with E-state index in [-0.39, 0.29) is 18.0 Å². The number of imidazole rings is 2. The van der Waals surface area contributed by atoms with Crippen LogP contribution in [0.5, 0.6) is 0 Å². The highest BCUT2D eigenvalue weighted by molar-refractivity contribution is 5.97. The second-order valence-electron chi connectivity index (χ2n) is 13.5. The third-order valence-corrected chi connectivity index (χ3v) is 10.0. The molecule has 0 spiro atoms. The summed E-state index contributed by atoms with van der Waals surface area (Å²) < 4.78 is 20.9. The van der Waals surface area contributed by atoms with Crippen molar-refractivity contribution >= 4 is 34.0 Å². The lowest BCUT2D eigenvalue weighted by Gasteiger charge is -2.18. The second-order valence-corrected chi connectivity index (χ2v) is 13.5. The first-order valence-electron chi connectivity index (χ1n) is 17.8. The number of carbonyl (C=O) groups excluding carboxylic acids is 2. The fourth-order valence-electron chi connectivity index (χ4n) is 7.32. The Balaban J connectivity index is 1.12. The van der Waals surface area contributed by atoms with Crippen LogP contribution in [0.1, 0.15) is 66.8 Å². The molecular weight excluding hydrogens is 640 g/mol. The molecule has 4 aromatic carbocycles. The number of ether oxygens (including phenoxy) is 3. The van der Waals surface area contributed by atoms with Gasteiger partial charge >= 0.3 is 11.9 Å². The standard InChI is InChI=1S/C42H44N4O5/c1-6-11-38-44-39-26(2)22-31(40-43-35-14-9-10-15-36(35)45(40)4)24-37(39)46(38)25-28-16-18-29(19-17-28)33-12-7-8-13-34(33)42(48)51-27(3)50-41(47)30-20-21-32(23-30)49-5/h7-10,12-19,22,24,27,30,32H,6,11,20-21,23,25H2,1-5H3/t27?,30-,32+/m0/s1. The van der Waals surface area contributed by atoms with E-state index in [0.717, 1.165) is 80.8 Å². The maximum absolute atomic E-state index is 13.3. The van der Waals surface area contributed by atoms with Gasteiger partial charge in [0, 0.05) is 39.6 Å². The number of para-hydroxylation sites is 2. The Hall–Kier alpha value is -5.28. The molecule has 6 aromatic rings. The summed E-state index contributed by atoms with van der Waals surface area (Å²) >= 11 is 0. The van der Waals surface area contributed by atoms with Gasteiger partial charge in [-0.25, -0.2) is 14.8 Å². The molecule has 3 atom stereocenters. The number of esters is 2. The summed E-state index contributed by atoms with van der Waals surface area (Å²) in [6, 6.07) is 28.2. The van der Waals surface area contributed by atoms with Crippen LogP contribution in [0.15, 0.2) is 84.9 Å². The number of aromatic nitrogens is 4. The SMILES string of the molecule is CCCc1nc2c(C)cc(-c3nc4ccccc4n3C)cc2n1Cc1ccc(-c2ccccc2C(=O)OC(C)OC(=O)[C@H]2CC[C@@H](OC)C2)cc1. The molecule has 0 N–H and O–H groups in total. The number of nitrogens with zero attached hydrogens (tertiary/aromatic N) is 4. The number of aryl methyl sites for hydroxylation is 3. The molecule has 0 bridgehead atoms. The van der Waals surface area contributed by atoms with Gasteiger partial charge in [0.1, 0.15) is 11.6 Å². The van der Waals surface area contributed by atoms with Gasteiger partial charge in [-0.05, 0) is 85.2 Å². The van der Waals surface area contributed by atoms with Crippen LogP contribution in [0, 0.1) is 12.8 Å². The zero-order valence-corrected chi connectivity index (χ0v) is 29.9. The van der Waals surface area contributed by atoms with Gasteiger partial charge in [-0.15, -0.1) is 0 Å². The van der Waals surface area contributed by atoms with E-state index in [1.54, 1.807) is 26.2 Å². The van der Waals surface area contributed by atoms with Crippen LogP contribution in [-0.2, 0) is 39.0 Å². The number of rotatable bonds is 11. The van der Waals surface area contributed by atoms with E-state index in [0.29, 0.717) is 24.9 Å². The predicted octanol–water partition coefficient (Wildman–Crippen LogP) is 8.43. The lowest BCUT2D eigenvalue weighted by atomic mass is 9.98. The summed E-state index contributed by atoms with van der Waals surface area (Å²) in [6.45, 7) is 6.52. The van der Waals surface area contributed by atoms with Gasteiger partial charge in [0.2, 0.25) is 6.29 Å². The average molecular weight is 685 g/mol. The average Bonchev–Trinajstić information content (AvgIpc) is 3.85. The molecule has 9 heteroatoms. The van der Waals surface area contributed by atoms with E-state index >= 15 is 0 Å². The van der Waals surface area contributed by atoms with Crippen molar-refractivity contribution in [2.45, 2.75) is 71.8 Å². The van der Waals surface area contributed by atoms with Crippen molar-refractivity contribution in [3.63, 3.8) is 0 Å². The van der Waals surface area contributed by atoms with Crippen molar-refractivity contribution in [3.05, 3.63) is 107 Å². The minimum absolute atomic E-state index is 0.0618. The summed E-state index contributed by atoms with van der Waals surface area (Å²) in [6.07, 6.45) is 3.05. The minimum Gasteiger partial charge on any atom is -0.425 e. The Morgan fingerprint density at radius 3 is 2.41 bits per heavy atom. The van der Waals surface area contributed by atoms with E-state index in [9.17, 15) is 9.59 Å². The van der Waals surface area contributed by atoms with Gasteiger partial charge in [-0.1, -0.05) is 61.5 Å². The molecule has 2 heterocycles. The summed E-state index contributed by atoms with van der Waals surface area (Å²) in [7, 11) is 3.72. The summed E-state index contributed by atoms with van der Waals surface area (Å²) in [5, 5.41) is 0. The maximum Gasteiger partial charge on any atom is 0.341 e. The predicted molar refractivity (Wildman–Crippen MR) is 198 cm³/mol. The topological polar surface area (TPSA) is 97.5 Å². The van der Waals surface area contributed by atoms with Crippen LogP contribution >= 0.6 is 0 Å². The zero-order chi connectivity index (χ0) is 35.6. The molecule has 0 aliphatic heterocycles. The highest BCUT2D eigenvalue weighted by Crippen LogP contribution is 2.32. The van der Waals surface area contributed by atoms with Crippen LogP contribution < -0.4 is 0 Å². The van der Waals surface area contributed by atoms with Crippen molar-refractivity contribution < 1.29 is 23.8 Å². The van der Waals surface area contributed by atoms with E-state index in [1.807, 2.05) is 42.5 Å². The quantitative estimate of drug-likeness (QED) is 0.0998. The first-order valence-corrected chi connectivity index (χ1v) is 17.8. The smallest absolute Gasteiger partial charge is 0.341 e. The van der Waals surface area contributed by atoms with Gasteiger partial charge in [-0.2, -0.15) is 0 Å². The molecule has 2 aromatic heterocycles. The van der Waals surface area contributed by atoms with E-state index < -0.39 is 12.3 Å². The minimum atomic E-state index is -1.01. The fourth-order valence-corrected chi connectivity index (χ4v) is 7.32. The van der Waals surface area contributed by atoms with Crippen molar-refractivity contribution in [2.75, 3.05) is 7.11 Å². The van der Waals surface area contributed by atoms with E-state index in [2.05, 4.69) is 60.4 Å². The summed E-state index contributed by atoms with van der Waals surface area (Å²) in [4.78, 5) is 36.1. The first-order chi connectivity index (χ1) is 24.7. The number of hydrogen-bond acceptors (Lipinski definition) is 7. The first kappa shape index (κ1) is 34.2. The molecule has 7 rings (SSSR count). The third-order valence-electron chi connectivity index (χ3n) is 10.0. The molecule has 51 heavy (non-hydrogen) atoms. The lowest BCUT2D eigenvalue weighted by Crippen LogP contribution is -2.26. The molecular formula is C42H44N4O5. The van der Waals surface area contributed by atoms with Gasteiger partial charge in [-0.3, -0.25) is 4.79 Å². The third kappa shape index (κ3) is 6.90. The molecule has 0 amide bonds. The highest BCUT2D eigenvalue weighted by atomic mass is 16.7. The molecule has 1 fully saturated rings. The molecule has 0 radical (unpaired) electrons. The maximum atomic E-state index is 13.3. The monoisotopic (exact) mass is 684 g/mol. The second kappa shape index (κ2) is 14.5. The molecule has 0 saturated heterocycles. The van der Waals surface area contributed by atoms with Gasteiger partial charge in [0.15, 0.2) is 0 Å². The Morgan fingerprint density at radius 1 is 0.902 bits per heavy atom. The van der Waals surface area contributed by atoms with E-state index in [4.69, 9.17) is 24.2 Å². The molecule has 262 valence electrons. The van der Waals surface area contributed by atoms with Crippen LogP contribution in [0.3, 0.4) is 0 Å². The molecule has 9 nitrogen and oxygen atoms in total. The van der Waals surface area contributed by atoms with Crippen LogP contribution in [-0.4, -0.2) is 50.5 Å². The highest BCUT2D eigenvalue weighted by Gasteiger charge is 2.32. The number of carbonyl (C=O) groups is 2. The van der Waals surface area contributed by atoms with Crippen LogP contribution in [0.2, 0.25) is 0 Å². The van der Waals surface area contributed by atoms with Crippen molar-refractivity contribution in [1.82, 2.24) is 19.1 Å². The Bertz CT molecular complexity index is 2220. The number of hydrogen-bond donors (Lipinski definition) is 0. The molecule has 1 saturated carbocycles. The lowest BCUT2D eigenvalue weighted by molar-refractivity contribution is -0.170. The van der Waals surface area contributed by atoms with Gasteiger partial charge in [0.25, 0.3) is 0 Å². The van der Waals surface area contributed by atoms with Crippen LogP contribution in [0.25, 0.3) is 44.6 Å². The Labute approximate surface area is 298 Å². The number of fused-ring (bicyclic) bond motifs is 2. The van der Waals surface area contributed by atoms with E-state index in [1.165, 1.54) is 0 Å². The summed E-state index contributed by atoms with van der Waals surface area (Å²) in [5.41, 5.74) is 9.49. The summed E-state index contributed by atoms with van der Waals surface area (Å²) in [5.74, 6) is 0.832. The Kier molecular flexibility index (Phi) is 9.73. The van der Waals surface area contributed by atoms with Crippen molar-refractivity contribution in [3.8, 4) is 22.5 Å². The van der Waals surface area contributed by atoms with Crippen molar-refractivity contribution in [1.29, 1.82) is 0 Å². The number of methoxy groups -OCH3 is 1. The normalized spacial score (nSPS) is 16.5. The molecule has 1 unspecified atom stereocenters. The van der Waals surface area contributed by atoms with Gasteiger partial charge < -0.3 is 23.3 Å².